The molecule has 0 atom stereocenters. The highest BCUT2D eigenvalue weighted by Gasteiger charge is 2.05. The Kier molecular flexibility index (Phi) is 11.8. The number of amides is 1. The maximum Gasteiger partial charge on any atom is 0.224 e. The van der Waals surface area contributed by atoms with E-state index in [0.717, 1.165) is 25.2 Å². The number of carbonyl (C=O) groups excluding carboxylic acids is 1. The summed E-state index contributed by atoms with van der Waals surface area (Å²) in [5.74, 6) is 0.139. The first-order chi connectivity index (χ1) is 12.2. The summed E-state index contributed by atoms with van der Waals surface area (Å²) in [6.45, 7) is 8.51. The SMILES string of the molecule is CCCCCCCCCCCC(=O)Nc1cccc(N(CC)CC)c1. The van der Waals surface area contributed by atoms with E-state index in [4.69, 9.17) is 0 Å². The van der Waals surface area contributed by atoms with Crippen LogP contribution in [0, 0.1) is 0 Å². The van der Waals surface area contributed by atoms with Crippen molar-refractivity contribution < 1.29 is 4.79 Å². The predicted molar refractivity (Wildman–Crippen MR) is 110 cm³/mol. The van der Waals surface area contributed by atoms with Gasteiger partial charge in [-0.1, -0.05) is 64.4 Å². The molecule has 0 spiro atoms. The lowest BCUT2D eigenvalue weighted by atomic mass is 10.1. The largest absolute Gasteiger partial charge is 0.372 e. The normalized spacial score (nSPS) is 10.7. The maximum absolute atomic E-state index is 12.1. The Bertz CT molecular complexity index is 469. The highest BCUT2D eigenvalue weighted by atomic mass is 16.1. The molecule has 0 aromatic heterocycles. The summed E-state index contributed by atoms with van der Waals surface area (Å²) >= 11 is 0. The van der Waals surface area contributed by atoms with Crippen LogP contribution in [0.4, 0.5) is 11.4 Å². The van der Waals surface area contributed by atoms with E-state index in [1.807, 2.05) is 12.1 Å². The number of unbranched alkanes of at least 4 members (excludes halogenated alkanes) is 8. The molecular weight excluding hydrogens is 308 g/mol. The van der Waals surface area contributed by atoms with Gasteiger partial charge in [0, 0.05) is 30.9 Å². The topological polar surface area (TPSA) is 32.3 Å². The molecule has 25 heavy (non-hydrogen) atoms. The number of hydrogen-bond acceptors (Lipinski definition) is 2. The molecule has 0 saturated carbocycles. The quantitative estimate of drug-likeness (QED) is 0.396. The Balaban J connectivity index is 2.19. The summed E-state index contributed by atoms with van der Waals surface area (Å²) in [7, 11) is 0. The number of hydrogen-bond donors (Lipinski definition) is 1. The van der Waals surface area contributed by atoms with Gasteiger partial charge >= 0.3 is 0 Å². The molecule has 0 aliphatic rings. The predicted octanol–water partition coefficient (Wildman–Crippen LogP) is 6.39. The molecule has 3 nitrogen and oxygen atoms in total. The van der Waals surface area contributed by atoms with Crippen LogP contribution < -0.4 is 10.2 Å². The summed E-state index contributed by atoms with van der Waals surface area (Å²) < 4.78 is 0. The molecule has 1 aromatic carbocycles. The zero-order valence-electron chi connectivity index (χ0n) is 16.7. The number of rotatable bonds is 14. The standard InChI is InChI=1S/C22H38N2O/c1-4-7-8-9-10-11-12-13-14-18-22(25)23-20-16-15-17-21(19-20)24(5-2)6-3/h15-17,19H,4-14,18H2,1-3H3,(H,23,25). The van der Waals surface area contributed by atoms with E-state index < -0.39 is 0 Å². The third-order valence-electron chi connectivity index (χ3n) is 4.77. The highest BCUT2D eigenvalue weighted by molar-refractivity contribution is 5.91. The fourth-order valence-corrected chi connectivity index (χ4v) is 3.19. The Morgan fingerprint density at radius 2 is 1.48 bits per heavy atom. The molecule has 0 saturated heterocycles. The van der Waals surface area contributed by atoms with Gasteiger partial charge in [0.25, 0.3) is 0 Å². The van der Waals surface area contributed by atoms with Crippen LogP contribution in [-0.4, -0.2) is 19.0 Å². The number of carbonyl (C=O) groups is 1. The summed E-state index contributed by atoms with van der Waals surface area (Å²) in [5.41, 5.74) is 2.08. The minimum atomic E-state index is 0.139. The molecule has 0 unspecified atom stereocenters. The van der Waals surface area contributed by atoms with Crippen molar-refractivity contribution in [1.29, 1.82) is 0 Å². The molecule has 0 bridgehead atoms. The first-order valence-corrected chi connectivity index (χ1v) is 10.4. The summed E-state index contributed by atoms with van der Waals surface area (Å²) in [6.07, 6.45) is 12.2. The molecule has 1 aromatic rings. The summed E-state index contributed by atoms with van der Waals surface area (Å²) in [5, 5.41) is 3.05. The molecule has 1 amide bonds. The van der Waals surface area contributed by atoms with Crippen molar-refractivity contribution >= 4 is 17.3 Å². The number of benzene rings is 1. The van der Waals surface area contributed by atoms with E-state index in [1.165, 1.54) is 57.1 Å². The van der Waals surface area contributed by atoms with Gasteiger partial charge in [-0.25, -0.2) is 0 Å². The molecule has 0 radical (unpaired) electrons. The Morgan fingerprint density at radius 3 is 2.08 bits per heavy atom. The molecule has 1 rings (SSSR count). The number of nitrogens with one attached hydrogen (secondary N) is 1. The molecular formula is C22H38N2O. The van der Waals surface area contributed by atoms with Crippen molar-refractivity contribution in [3.8, 4) is 0 Å². The van der Waals surface area contributed by atoms with E-state index in [9.17, 15) is 4.79 Å². The van der Waals surface area contributed by atoms with Crippen molar-refractivity contribution in [2.24, 2.45) is 0 Å². The van der Waals surface area contributed by atoms with Gasteiger partial charge in [-0.3, -0.25) is 4.79 Å². The summed E-state index contributed by atoms with van der Waals surface area (Å²) in [4.78, 5) is 14.4. The maximum atomic E-state index is 12.1. The van der Waals surface area contributed by atoms with Crippen LogP contribution in [0.15, 0.2) is 24.3 Å². The van der Waals surface area contributed by atoms with Crippen molar-refractivity contribution in [1.82, 2.24) is 0 Å². The van der Waals surface area contributed by atoms with Crippen molar-refractivity contribution in [3.05, 3.63) is 24.3 Å². The highest BCUT2D eigenvalue weighted by Crippen LogP contribution is 2.19. The van der Waals surface area contributed by atoms with Crippen LogP contribution >= 0.6 is 0 Å². The lowest BCUT2D eigenvalue weighted by molar-refractivity contribution is -0.116. The smallest absolute Gasteiger partial charge is 0.224 e. The molecule has 1 N–H and O–H groups in total. The first-order valence-electron chi connectivity index (χ1n) is 10.4. The van der Waals surface area contributed by atoms with Crippen LogP contribution in [0.1, 0.15) is 85.0 Å². The van der Waals surface area contributed by atoms with Gasteiger partial charge in [0.2, 0.25) is 5.91 Å². The fourth-order valence-electron chi connectivity index (χ4n) is 3.19. The zero-order valence-corrected chi connectivity index (χ0v) is 16.7. The Hall–Kier alpha value is -1.51. The van der Waals surface area contributed by atoms with Crippen molar-refractivity contribution in [3.63, 3.8) is 0 Å². The lowest BCUT2D eigenvalue weighted by Gasteiger charge is -2.21. The van der Waals surface area contributed by atoms with Gasteiger partial charge in [0.1, 0.15) is 0 Å². The Morgan fingerprint density at radius 1 is 0.880 bits per heavy atom. The third kappa shape index (κ3) is 9.52. The van der Waals surface area contributed by atoms with E-state index in [1.54, 1.807) is 0 Å². The minimum Gasteiger partial charge on any atom is -0.372 e. The molecule has 0 fully saturated rings. The first kappa shape index (κ1) is 21.5. The third-order valence-corrected chi connectivity index (χ3v) is 4.77. The fraction of sp³-hybridized carbons (Fsp3) is 0.682. The molecule has 0 heterocycles. The second-order valence-corrected chi connectivity index (χ2v) is 6.85. The van der Waals surface area contributed by atoms with Gasteiger partial charge < -0.3 is 10.2 Å². The van der Waals surface area contributed by atoms with E-state index >= 15 is 0 Å². The van der Waals surface area contributed by atoms with Gasteiger partial charge in [0.05, 0.1) is 0 Å². The van der Waals surface area contributed by atoms with Crippen LogP contribution in [0.5, 0.6) is 0 Å². The monoisotopic (exact) mass is 346 g/mol. The van der Waals surface area contributed by atoms with Crippen LogP contribution in [0.3, 0.4) is 0 Å². The molecule has 0 aliphatic heterocycles. The minimum absolute atomic E-state index is 0.139. The van der Waals surface area contributed by atoms with Crippen molar-refractivity contribution in [2.45, 2.75) is 85.0 Å². The Labute approximate surface area is 155 Å². The van der Waals surface area contributed by atoms with Crippen LogP contribution in [0.25, 0.3) is 0 Å². The van der Waals surface area contributed by atoms with Gasteiger partial charge in [0.15, 0.2) is 0 Å². The number of anilines is 2. The average molecular weight is 347 g/mol. The van der Waals surface area contributed by atoms with Crippen molar-refractivity contribution in [2.75, 3.05) is 23.3 Å². The van der Waals surface area contributed by atoms with E-state index in [-0.39, 0.29) is 5.91 Å². The van der Waals surface area contributed by atoms with E-state index in [2.05, 4.69) is 43.1 Å². The van der Waals surface area contributed by atoms with Crippen LogP contribution in [-0.2, 0) is 4.79 Å². The molecule has 0 aliphatic carbocycles. The molecule has 3 heteroatoms. The second-order valence-electron chi connectivity index (χ2n) is 6.85. The second kappa shape index (κ2) is 13.7. The van der Waals surface area contributed by atoms with Gasteiger partial charge in [-0.15, -0.1) is 0 Å². The van der Waals surface area contributed by atoms with Crippen LogP contribution in [0.2, 0.25) is 0 Å². The zero-order chi connectivity index (χ0) is 18.3. The lowest BCUT2D eigenvalue weighted by Crippen LogP contribution is -2.22. The van der Waals surface area contributed by atoms with Gasteiger partial charge in [-0.05, 0) is 38.5 Å². The number of nitrogens with zero attached hydrogens (tertiary/aromatic N) is 1. The van der Waals surface area contributed by atoms with Gasteiger partial charge in [-0.2, -0.15) is 0 Å². The average Bonchev–Trinajstić information content (AvgIpc) is 2.62. The molecule has 142 valence electrons. The summed E-state index contributed by atoms with van der Waals surface area (Å²) in [6, 6.07) is 8.16. The van der Waals surface area contributed by atoms with E-state index in [0.29, 0.717) is 6.42 Å².